The Kier molecular flexibility index (Phi) is 6.54. The number of ether oxygens (including phenoxy) is 1. The first-order chi connectivity index (χ1) is 15.4. The van der Waals surface area contributed by atoms with Gasteiger partial charge in [0.15, 0.2) is 0 Å². The molecule has 0 aliphatic carbocycles. The first-order valence-electron chi connectivity index (χ1n) is 10.5. The highest BCUT2D eigenvalue weighted by Crippen LogP contribution is 2.45. The second kappa shape index (κ2) is 9.35. The van der Waals surface area contributed by atoms with Gasteiger partial charge < -0.3 is 4.74 Å². The molecule has 3 aromatic carbocycles. The van der Waals surface area contributed by atoms with Gasteiger partial charge in [-0.15, -0.1) is 0 Å². The summed E-state index contributed by atoms with van der Waals surface area (Å²) in [6, 6.07) is 22.2. The molecule has 6 heteroatoms. The monoisotopic (exact) mass is 466 g/mol. The van der Waals surface area contributed by atoms with E-state index < -0.39 is 0 Å². The Labute approximate surface area is 198 Å². The topological polar surface area (TPSA) is 41.9 Å². The van der Waals surface area contributed by atoms with Crippen LogP contribution in [0.25, 0.3) is 0 Å². The second-order valence-electron chi connectivity index (χ2n) is 8.01. The van der Waals surface area contributed by atoms with Crippen molar-refractivity contribution in [1.29, 1.82) is 0 Å². The van der Waals surface area contributed by atoms with Crippen LogP contribution >= 0.6 is 23.2 Å². The van der Waals surface area contributed by atoms with Gasteiger partial charge in [0.1, 0.15) is 17.6 Å². The molecule has 0 N–H and O–H groups in total. The molecule has 3 aromatic rings. The third-order valence-electron chi connectivity index (χ3n) is 5.57. The van der Waals surface area contributed by atoms with E-state index in [2.05, 4.69) is 0 Å². The summed E-state index contributed by atoms with van der Waals surface area (Å²) in [5, 5.41) is 1.29. The summed E-state index contributed by atoms with van der Waals surface area (Å²) in [6.45, 7) is 3.80. The fourth-order valence-corrected chi connectivity index (χ4v) is 4.25. The molecule has 0 radical (unpaired) electrons. The van der Waals surface area contributed by atoms with Gasteiger partial charge in [0.05, 0.1) is 18.7 Å². The standard InChI is InChI=1S/C26H24Cl2N2O2/c1-16(2)26(31)30-24(18-10-14-20(28)15-11-18)23(17-8-12-19(27)13-9-17)29-25(30)21-6-4-5-7-22(21)32-3/h4-16,23-24H,1-3H3. The highest BCUT2D eigenvalue weighted by molar-refractivity contribution is 6.30. The van der Waals surface area contributed by atoms with Crippen LogP contribution in [0, 0.1) is 5.92 Å². The fourth-order valence-electron chi connectivity index (χ4n) is 3.99. The molecule has 1 aliphatic heterocycles. The minimum Gasteiger partial charge on any atom is -0.496 e. The molecule has 1 amide bonds. The number of hydrogen-bond donors (Lipinski definition) is 0. The van der Waals surface area contributed by atoms with Gasteiger partial charge in [-0.1, -0.05) is 73.4 Å². The Bertz CT molecular complexity index is 1140. The number of halogens is 2. The molecule has 0 bridgehead atoms. The van der Waals surface area contributed by atoms with Gasteiger partial charge in [-0.3, -0.25) is 14.7 Å². The van der Waals surface area contributed by atoms with E-state index in [1.54, 1.807) is 7.11 Å². The highest BCUT2D eigenvalue weighted by Gasteiger charge is 2.43. The molecule has 0 saturated heterocycles. The van der Waals surface area contributed by atoms with Crippen LogP contribution < -0.4 is 4.74 Å². The van der Waals surface area contributed by atoms with E-state index in [4.69, 9.17) is 32.9 Å². The maximum absolute atomic E-state index is 13.6. The molecular formula is C26H24Cl2N2O2. The van der Waals surface area contributed by atoms with Gasteiger partial charge in [0.2, 0.25) is 5.91 Å². The van der Waals surface area contributed by atoms with Crippen LogP contribution in [0.1, 0.15) is 42.6 Å². The maximum Gasteiger partial charge on any atom is 0.231 e. The predicted octanol–water partition coefficient (Wildman–Crippen LogP) is 6.73. The van der Waals surface area contributed by atoms with Gasteiger partial charge in [0, 0.05) is 16.0 Å². The molecule has 0 aromatic heterocycles. The Balaban J connectivity index is 1.94. The lowest BCUT2D eigenvalue weighted by Crippen LogP contribution is -2.40. The Morgan fingerprint density at radius 2 is 1.47 bits per heavy atom. The molecule has 0 saturated carbocycles. The first kappa shape index (κ1) is 22.4. The minimum absolute atomic E-state index is 0.00827. The van der Waals surface area contributed by atoms with Crippen LogP contribution in [-0.2, 0) is 4.79 Å². The van der Waals surface area contributed by atoms with Crippen molar-refractivity contribution in [2.45, 2.75) is 25.9 Å². The Morgan fingerprint density at radius 3 is 2.03 bits per heavy atom. The molecule has 1 heterocycles. The summed E-state index contributed by atoms with van der Waals surface area (Å²) in [5.41, 5.74) is 2.71. The van der Waals surface area contributed by atoms with Gasteiger partial charge in [-0.2, -0.15) is 0 Å². The number of carbonyl (C=O) groups excluding carboxylic acids is 1. The lowest BCUT2D eigenvalue weighted by Gasteiger charge is -2.31. The molecule has 164 valence electrons. The van der Waals surface area contributed by atoms with Crippen molar-refractivity contribution in [3.05, 3.63) is 99.5 Å². The van der Waals surface area contributed by atoms with Gasteiger partial charge in [-0.05, 0) is 47.5 Å². The van der Waals surface area contributed by atoms with Gasteiger partial charge in [-0.25, -0.2) is 0 Å². The zero-order valence-electron chi connectivity index (χ0n) is 18.1. The molecule has 4 rings (SSSR count). The smallest absolute Gasteiger partial charge is 0.231 e. The van der Waals surface area contributed by atoms with Crippen LogP contribution in [0.2, 0.25) is 10.0 Å². The van der Waals surface area contributed by atoms with Crippen molar-refractivity contribution in [2.24, 2.45) is 10.9 Å². The summed E-state index contributed by atoms with van der Waals surface area (Å²) in [4.78, 5) is 20.5. The largest absolute Gasteiger partial charge is 0.496 e. The molecule has 2 atom stereocenters. The quantitative estimate of drug-likeness (QED) is 0.418. The van der Waals surface area contributed by atoms with Crippen LogP contribution in [-0.4, -0.2) is 23.8 Å². The lowest BCUT2D eigenvalue weighted by atomic mass is 9.93. The number of hydrogen-bond acceptors (Lipinski definition) is 3. The van der Waals surface area contributed by atoms with Gasteiger partial charge in [0.25, 0.3) is 0 Å². The van der Waals surface area contributed by atoms with E-state index in [1.165, 1.54) is 0 Å². The molecular weight excluding hydrogens is 443 g/mol. The number of aliphatic imine (C=N–C) groups is 1. The fraction of sp³-hybridized carbons (Fsp3) is 0.231. The van der Waals surface area contributed by atoms with Crippen LogP contribution in [0.3, 0.4) is 0 Å². The predicted molar refractivity (Wildman–Crippen MR) is 130 cm³/mol. The molecule has 32 heavy (non-hydrogen) atoms. The number of amidine groups is 1. The van der Waals surface area contributed by atoms with Crippen LogP contribution in [0.4, 0.5) is 0 Å². The summed E-state index contributed by atoms with van der Waals surface area (Å²) in [6.07, 6.45) is 0. The normalized spacial score (nSPS) is 18.1. The van der Waals surface area contributed by atoms with Crippen LogP contribution in [0.5, 0.6) is 5.75 Å². The van der Waals surface area contributed by atoms with E-state index in [9.17, 15) is 4.79 Å². The number of methoxy groups -OCH3 is 1. The first-order valence-corrected chi connectivity index (χ1v) is 11.2. The number of benzene rings is 3. The average Bonchev–Trinajstić information content (AvgIpc) is 3.19. The minimum atomic E-state index is -0.330. The number of amides is 1. The third-order valence-corrected chi connectivity index (χ3v) is 6.07. The summed E-state index contributed by atoms with van der Waals surface area (Å²) >= 11 is 12.3. The Morgan fingerprint density at radius 1 is 0.906 bits per heavy atom. The number of para-hydroxylation sites is 1. The second-order valence-corrected chi connectivity index (χ2v) is 8.88. The van der Waals surface area contributed by atoms with Crippen molar-refractivity contribution < 1.29 is 9.53 Å². The third kappa shape index (κ3) is 4.25. The summed E-state index contributed by atoms with van der Waals surface area (Å²) in [5.74, 6) is 1.04. The molecule has 4 nitrogen and oxygen atoms in total. The molecule has 1 aliphatic rings. The van der Waals surface area contributed by atoms with Gasteiger partial charge >= 0.3 is 0 Å². The number of nitrogens with zero attached hydrogens (tertiary/aromatic N) is 2. The number of carbonyl (C=O) groups is 1. The number of rotatable bonds is 5. The zero-order valence-corrected chi connectivity index (χ0v) is 19.6. The van der Waals surface area contributed by atoms with Crippen molar-refractivity contribution in [3.63, 3.8) is 0 Å². The van der Waals surface area contributed by atoms with E-state index in [0.717, 1.165) is 16.7 Å². The Hall–Kier alpha value is -2.82. The van der Waals surface area contributed by atoms with Crippen LogP contribution in [0.15, 0.2) is 77.8 Å². The average molecular weight is 467 g/mol. The SMILES string of the molecule is COc1ccccc1C1=NC(c2ccc(Cl)cc2)C(c2ccc(Cl)cc2)N1C(=O)C(C)C. The van der Waals surface area contributed by atoms with Crippen molar-refractivity contribution in [3.8, 4) is 5.75 Å². The van der Waals surface area contributed by atoms with E-state index in [1.807, 2.05) is 91.5 Å². The van der Waals surface area contributed by atoms with E-state index in [-0.39, 0.29) is 23.9 Å². The maximum atomic E-state index is 13.6. The van der Waals surface area contributed by atoms with Crippen molar-refractivity contribution in [2.75, 3.05) is 7.11 Å². The molecule has 0 fully saturated rings. The molecule has 2 unspecified atom stereocenters. The summed E-state index contributed by atoms with van der Waals surface area (Å²) < 4.78 is 5.61. The van der Waals surface area contributed by atoms with Crippen molar-refractivity contribution >= 4 is 34.9 Å². The van der Waals surface area contributed by atoms with Crippen molar-refractivity contribution in [1.82, 2.24) is 4.90 Å². The van der Waals surface area contributed by atoms with E-state index >= 15 is 0 Å². The lowest BCUT2D eigenvalue weighted by molar-refractivity contribution is -0.132. The highest BCUT2D eigenvalue weighted by atomic mass is 35.5. The van der Waals surface area contributed by atoms with E-state index in [0.29, 0.717) is 21.6 Å². The molecule has 0 spiro atoms. The zero-order chi connectivity index (χ0) is 22.8. The summed E-state index contributed by atoms with van der Waals surface area (Å²) in [7, 11) is 1.62.